The van der Waals surface area contributed by atoms with E-state index in [1.54, 1.807) is 12.1 Å². The van der Waals surface area contributed by atoms with Crippen molar-refractivity contribution in [3.63, 3.8) is 0 Å². The average Bonchev–Trinajstić information content (AvgIpc) is 2.85. The van der Waals surface area contributed by atoms with Crippen LogP contribution in [0, 0.1) is 5.41 Å². The minimum atomic E-state index is -0.130. The van der Waals surface area contributed by atoms with Crippen LogP contribution in [0.2, 0.25) is 0 Å². The molecule has 1 saturated carbocycles. The van der Waals surface area contributed by atoms with E-state index in [0.29, 0.717) is 23.3 Å². The van der Waals surface area contributed by atoms with Crippen molar-refractivity contribution >= 4 is 16.9 Å². The molecule has 1 saturated heterocycles. The lowest BCUT2D eigenvalue weighted by Crippen LogP contribution is -2.35. The van der Waals surface area contributed by atoms with Gasteiger partial charge in [0.2, 0.25) is 5.91 Å². The summed E-state index contributed by atoms with van der Waals surface area (Å²) < 4.78 is 5.83. The van der Waals surface area contributed by atoms with Gasteiger partial charge in [0.1, 0.15) is 11.3 Å². The molecule has 1 aliphatic heterocycles. The molecule has 0 atom stereocenters. The molecule has 1 aromatic heterocycles. The first-order chi connectivity index (χ1) is 11.2. The maximum Gasteiger partial charge on any atom is 0.229 e. The van der Waals surface area contributed by atoms with E-state index in [1.807, 2.05) is 17.0 Å². The third kappa shape index (κ3) is 2.46. The van der Waals surface area contributed by atoms with Crippen LogP contribution < -0.4 is 5.43 Å². The zero-order chi connectivity index (χ0) is 15.9. The molecule has 0 bridgehead atoms. The topological polar surface area (TPSA) is 50.5 Å². The summed E-state index contributed by atoms with van der Waals surface area (Å²) in [5, 5.41) is 0.591. The van der Waals surface area contributed by atoms with Gasteiger partial charge in [-0.15, -0.1) is 0 Å². The summed E-state index contributed by atoms with van der Waals surface area (Å²) in [5.41, 5.74) is 0.421. The first kappa shape index (κ1) is 14.5. The molecule has 1 aliphatic carbocycles. The van der Waals surface area contributed by atoms with Crippen LogP contribution in [0.5, 0.6) is 0 Å². The van der Waals surface area contributed by atoms with Crippen LogP contribution in [-0.2, 0) is 11.3 Å². The highest BCUT2D eigenvalue weighted by Gasteiger charge is 2.46. The third-order valence-corrected chi connectivity index (χ3v) is 5.44. The van der Waals surface area contributed by atoms with Gasteiger partial charge in [-0.05, 0) is 31.4 Å². The van der Waals surface area contributed by atoms with Gasteiger partial charge in [0.15, 0.2) is 5.43 Å². The number of hydrogen-bond donors (Lipinski definition) is 0. The molecule has 4 rings (SSSR count). The number of nitrogens with zero attached hydrogens (tertiary/aromatic N) is 1. The van der Waals surface area contributed by atoms with Crippen LogP contribution in [0.25, 0.3) is 11.0 Å². The van der Waals surface area contributed by atoms with Gasteiger partial charge in [-0.3, -0.25) is 9.59 Å². The molecule has 4 nitrogen and oxygen atoms in total. The molecule has 120 valence electrons. The van der Waals surface area contributed by atoms with Crippen LogP contribution >= 0.6 is 0 Å². The van der Waals surface area contributed by atoms with Gasteiger partial charge in [0, 0.05) is 12.6 Å². The summed E-state index contributed by atoms with van der Waals surface area (Å²) >= 11 is 0. The second kappa shape index (κ2) is 5.52. The van der Waals surface area contributed by atoms with Crippen LogP contribution in [0.4, 0.5) is 0 Å². The standard InChI is InChI=1S/C19H21NO3/c21-16-12-14(23-17-7-3-2-6-15(16)17)13-20-11-10-19(18(20)22)8-4-1-5-9-19/h2-3,6-7,12H,1,4-5,8-11,13H2. The molecule has 1 spiro atoms. The zero-order valence-electron chi connectivity index (χ0n) is 13.2. The van der Waals surface area contributed by atoms with Gasteiger partial charge in [-0.2, -0.15) is 0 Å². The van der Waals surface area contributed by atoms with E-state index in [1.165, 1.54) is 12.5 Å². The molecule has 1 aromatic carbocycles. The Morgan fingerprint density at radius 2 is 1.83 bits per heavy atom. The summed E-state index contributed by atoms with van der Waals surface area (Å²) in [6.45, 7) is 1.18. The Hall–Kier alpha value is -2.10. The summed E-state index contributed by atoms with van der Waals surface area (Å²) in [6, 6.07) is 8.78. The Kier molecular flexibility index (Phi) is 3.47. The predicted octanol–water partition coefficient (Wildman–Crippen LogP) is 3.48. The molecule has 0 unspecified atom stereocenters. The highest BCUT2D eigenvalue weighted by Crippen LogP contribution is 2.45. The predicted molar refractivity (Wildman–Crippen MR) is 88.0 cm³/mol. The molecule has 2 heterocycles. The number of para-hydroxylation sites is 1. The molecular weight excluding hydrogens is 290 g/mol. The number of benzene rings is 1. The van der Waals surface area contributed by atoms with Crippen LogP contribution in [0.15, 0.2) is 39.5 Å². The molecule has 4 heteroatoms. The van der Waals surface area contributed by atoms with E-state index < -0.39 is 0 Å². The third-order valence-electron chi connectivity index (χ3n) is 5.44. The number of hydrogen-bond acceptors (Lipinski definition) is 3. The van der Waals surface area contributed by atoms with Crippen LogP contribution in [-0.4, -0.2) is 17.4 Å². The molecule has 0 N–H and O–H groups in total. The first-order valence-corrected chi connectivity index (χ1v) is 8.49. The number of carbonyl (C=O) groups excluding carboxylic acids is 1. The Morgan fingerprint density at radius 3 is 2.65 bits per heavy atom. The van der Waals surface area contributed by atoms with Crippen molar-refractivity contribution in [2.75, 3.05) is 6.54 Å². The molecule has 23 heavy (non-hydrogen) atoms. The fourth-order valence-electron chi connectivity index (χ4n) is 4.16. The van der Waals surface area contributed by atoms with Gasteiger partial charge in [0.25, 0.3) is 0 Å². The van der Waals surface area contributed by atoms with Crippen LogP contribution in [0.3, 0.4) is 0 Å². The van der Waals surface area contributed by atoms with Crippen molar-refractivity contribution in [1.29, 1.82) is 0 Å². The fourth-order valence-corrected chi connectivity index (χ4v) is 4.16. The number of amides is 1. The lowest BCUT2D eigenvalue weighted by Gasteiger charge is -2.31. The maximum atomic E-state index is 12.8. The van der Waals surface area contributed by atoms with Crippen molar-refractivity contribution in [2.45, 2.75) is 45.1 Å². The number of rotatable bonds is 2. The van der Waals surface area contributed by atoms with E-state index in [0.717, 1.165) is 38.6 Å². The molecule has 0 radical (unpaired) electrons. The smallest absolute Gasteiger partial charge is 0.229 e. The Labute approximate surface area is 135 Å². The summed E-state index contributed by atoms with van der Waals surface area (Å²) in [7, 11) is 0. The Balaban J connectivity index is 1.59. The van der Waals surface area contributed by atoms with Crippen LogP contribution in [0.1, 0.15) is 44.3 Å². The van der Waals surface area contributed by atoms with Crippen molar-refractivity contribution in [3.8, 4) is 0 Å². The monoisotopic (exact) mass is 311 g/mol. The van der Waals surface area contributed by atoms with E-state index >= 15 is 0 Å². The van der Waals surface area contributed by atoms with E-state index in [4.69, 9.17) is 4.42 Å². The van der Waals surface area contributed by atoms with E-state index in [9.17, 15) is 9.59 Å². The minimum Gasteiger partial charge on any atom is -0.459 e. The lowest BCUT2D eigenvalue weighted by molar-refractivity contribution is -0.138. The molecule has 1 amide bonds. The first-order valence-electron chi connectivity index (χ1n) is 8.49. The van der Waals surface area contributed by atoms with E-state index in [-0.39, 0.29) is 16.8 Å². The molecular formula is C19H21NO3. The second-order valence-corrected chi connectivity index (χ2v) is 6.89. The normalized spacial score (nSPS) is 20.5. The van der Waals surface area contributed by atoms with Crippen molar-refractivity contribution < 1.29 is 9.21 Å². The number of carbonyl (C=O) groups is 1. The Bertz CT molecular complexity index is 802. The molecule has 2 aromatic rings. The maximum absolute atomic E-state index is 12.8. The van der Waals surface area contributed by atoms with E-state index in [2.05, 4.69) is 0 Å². The van der Waals surface area contributed by atoms with Gasteiger partial charge in [0.05, 0.1) is 17.3 Å². The fraction of sp³-hybridized carbons (Fsp3) is 0.474. The molecule has 2 aliphatic rings. The van der Waals surface area contributed by atoms with Crippen molar-refractivity contribution in [3.05, 3.63) is 46.3 Å². The quantitative estimate of drug-likeness (QED) is 0.853. The average molecular weight is 311 g/mol. The summed E-state index contributed by atoms with van der Waals surface area (Å²) in [4.78, 5) is 26.9. The van der Waals surface area contributed by atoms with Crippen molar-refractivity contribution in [1.82, 2.24) is 4.90 Å². The van der Waals surface area contributed by atoms with Gasteiger partial charge >= 0.3 is 0 Å². The van der Waals surface area contributed by atoms with Crippen molar-refractivity contribution in [2.24, 2.45) is 5.41 Å². The molecule has 2 fully saturated rings. The lowest BCUT2D eigenvalue weighted by atomic mass is 9.73. The highest BCUT2D eigenvalue weighted by molar-refractivity contribution is 5.85. The zero-order valence-corrected chi connectivity index (χ0v) is 13.2. The van der Waals surface area contributed by atoms with Gasteiger partial charge in [-0.25, -0.2) is 0 Å². The SMILES string of the molecule is O=C1N(Cc2cc(=O)c3ccccc3o2)CCC12CCCCC2. The second-order valence-electron chi connectivity index (χ2n) is 6.89. The largest absolute Gasteiger partial charge is 0.459 e. The van der Waals surface area contributed by atoms with Gasteiger partial charge < -0.3 is 9.32 Å². The number of likely N-dealkylation sites (tertiary alicyclic amines) is 1. The summed E-state index contributed by atoms with van der Waals surface area (Å²) in [6.07, 6.45) is 6.54. The minimum absolute atomic E-state index is 0.0409. The highest BCUT2D eigenvalue weighted by atomic mass is 16.3. The number of fused-ring (bicyclic) bond motifs is 1. The summed E-state index contributed by atoms with van der Waals surface area (Å²) in [5.74, 6) is 0.836. The Morgan fingerprint density at radius 1 is 1.04 bits per heavy atom. The van der Waals surface area contributed by atoms with Gasteiger partial charge in [-0.1, -0.05) is 31.4 Å².